The fraction of sp³-hybridized carbons (Fsp3) is 0.150. The zero-order valence-electron chi connectivity index (χ0n) is 15.5. The molecule has 2 aromatic rings. The third-order valence-corrected chi connectivity index (χ3v) is 4.78. The summed E-state index contributed by atoms with van der Waals surface area (Å²) in [5.74, 6) is -1.29. The van der Waals surface area contributed by atoms with E-state index >= 15 is 0 Å². The van der Waals surface area contributed by atoms with E-state index in [1.54, 1.807) is 31.2 Å². The van der Waals surface area contributed by atoms with Crippen LogP contribution < -0.4 is 14.8 Å². The van der Waals surface area contributed by atoms with Crippen LogP contribution in [0.3, 0.4) is 0 Å². The highest BCUT2D eigenvalue weighted by Crippen LogP contribution is 2.37. The normalized spacial score (nSPS) is 10.8. The van der Waals surface area contributed by atoms with Crippen molar-refractivity contribution in [2.45, 2.75) is 6.92 Å². The van der Waals surface area contributed by atoms with E-state index in [0.717, 1.165) is 0 Å². The summed E-state index contributed by atoms with van der Waals surface area (Å²) < 4.78 is 10.8. The van der Waals surface area contributed by atoms with Gasteiger partial charge >= 0.3 is 5.97 Å². The number of halogens is 2. The molecule has 0 fully saturated rings. The molecule has 0 radical (unpaired) electrons. The van der Waals surface area contributed by atoms with Gasteiger partial charge in [-0.1, -0.05) is 17.7 Å². The number of methoxy groups -OCH3 is 1. The molecular weight excluding hydrogens is 464 g/mol. The van der Waals surface area contributed by atoms with Crippen molar-refractivity contribution in [1.29, 1.82) is 5.26 Å². The Balaban J connectivity index is 2.33. The molecule has 0 unspecified atom stereocenters. The summed E-state index contributed by atoms with van der Waals surface area (Å²) in [6.07, 6.45) is 1.38. The molecule has 29 heavy (non-hydrogen) atoms. The molecule has 9 heteroatoms. The summed E-state index contributed by atoms with van der Waals surface area (Å²) in [6.45, 7) is 1.21. The van der Waals surface area contributed by atoms with Gasteiger partial charge in [-0.2, -0.15) is 5.26 Å². The lowest BCUT2D eigenvalue weighted by molar-refractivity contribution is -0.139. The second-order valence-corrected chi connectivity index (χ2v) is 7.01. The van der Waals surface area contributed by atoms with Crippen molar-refractivity contribution in [2.75, 3.05) is 19.0 Å². The highest BCUT2D eigenvalue weighted by Gasteiger charge is 2.15. The molecule has 0 aliphatic rings. The summed E-state index contributed by atoms with van der Waals surface area (Å²) in [5, 5.41) is 21.4. The lowest BCUT2D eigenvalue weighted by atomic mass is 10.1. The van der Waals surface area contributed by atoms with Crippen LogP contribution in [0.5, 0.6) is 11.5 Å². The number of rotatable bonds is 7. The van der Waals surface area contributed by atoms with Gasteiger partial charge in [-0.15, -0.1) is 0 Å². The Morgan fingerprint density at radius 3 is 2.72 bits per heavy atom. The summed E-state index contributed by atoms with van der Waals surface area (Å²) in [6, 6.07) is 10.0. The molecule has 150 valence electrons. The first kappa shape index (κ1) is 22.3. The third kappa shape index (κ3) is 5.73. The number of nitrogens with one attached hydrogen (secondary N) is 1. The molecule has 2 N–H and O–H groups in total. The van der Waals surface area contributed by atoms with Crippen LogP contribution in [0.2, 0.25) is 5.02 Å². The van der Waals surface area contributed by atoms with Crippen molar-refractivity contribution >= 4 is 51.2 Å². The Bertz CT molecular complexity index is 1030. The van der Waals surface area contributed by atoms with E-state index in [2.05, 4.69) is 21.2 Å². The fourth-order valence-corrected chi connectivity index (χ4v) is 3.09. The van der Waals surface area contributed by atoms with Crippen LogP contribution in [0.15, 0.2) is 40.4 Å². The Hall–Kier alpha value is -3.02. The van der Waals surface area contributed by atoms with Gasteiger partial charge in [0.05, 0.1) is 11.6 Å². The predicted octanol–water partition coefficient (Wildman–Crippen LogP) is 4.43. The molecule has 0 saturated heterocycles. The minimum absolute atomic E-state index is 0.141. The van der Waals surface area contributed by atoms with Gasteiger partial charge in [0, 0.05) is 10.7 Å². The maximum Gasteiger partial charge on any atom is 0.341 e. The zero-order chi connectivity index (χ0) is 21.6. The van der Waals surface area contributed by atoms with E-state index in [4.69, 9.17) is 26.2 Å². The van der Waals surface area contributed by atoms with Gasteiger partial charge in [0.2, 0.25) is 0 Å². The van der Waals surface area contributed by atoms with Crippen LogP contribution >= 0.6 is 27.5 Å². The Labute approximate surface area is 180 Å². The van der Waals surface area contributed by atoms with Crippen LogP contribution in [0.1, 0.15) is 11.1 Å². The number of carboxylic acids is 1. The minimum atomic E-state index is -1.14. The molecule has 0 bridgehead atoms. The molecule has 0 aliphatic carbocycles. The monoisotopic (exact) mass is 478 g/mol. The van der Waals surface area contributed by atoms with E-state index in [9.17, 15) is 14.9 Å². The summed E-state index contributed by atoms with van der Waals surface area (Å²) >= 11 is 9.34. The number of benzene rings is 2. The third-order valence-electron chi connectivity index (χ3n) is 3.78. The number of amides is 1. The van der Waals surface area contributed by atoms with Gasteiger partial charge in [-0.3, -0.25) is 4.79 Å². The standard InChI is InChI=1S/C20H16BrClN2O5/c1-11-15(22)4-3-5-16(11)24-20(27)13(9-23)6-12-7-14(21)19(17(8-12)28-2)29-10-18(25)26/h3-8H,10H2,1-2H3,(H,24,27)(H,25,26)/b13-6-. The van der Waals surface area contributed by atoms with Crippen LogP contribution in [0.4, 0.5) is 5.69 Å². The molecule has 0 heterocycles. The molecule has 2 rings (SSSR count). The summed E-state index contributed by atoms with van der Waals surface area (Å²) in [5.41, 5.74) is 1.52. The van der Waals surface area contributed by atoms with Crippen LogP contribution in [0.25, 0.3) is 6.08 Å². The molecule has 0 aromatic heterocycles. The quantitative estimate of drug-likeness (QED) is 0.449. The van der Waals surface area contributed by atoms with Crippen molar-refractivity contribution in [1.82, 2.24) is 0 Å². The van der Waals surface area contributed by atoms with E-state index < -0.39 is 18.5 Å². The van der Waals surface area contributed by atoms with E-state index in [1.165, 1.54) is 19.3 Å². The van der Waals surface area contributed by atoms with Gasteiger partial charge in [0.1, 0.15) is 11.6 Å². The molecule has 2 aromatic carbocycles. The van der Waals surface area contributed by atoms with Crippen molar-refractivity contribution in [3.63, 3.8) is 0 Å². The van der Waals surface area contributed by atoms with Crippen molar-refractivity contribution in [3.8, 4) is 17.6 Å². The Morgan fingerprint density at radius 1 is 1.38 bits per heavy atom. The van der Waals surface area contributed by atoms with Gasteiger partial charge in [-0.05, 0) is 64.3 Å². The van der Waals surface area contributed by atoms with Crippen LogP contribution in [0, 0.1) is 18.3 Å². The zero-order valence-corrected chi connectivity index (χ0v) is 17.8. The second kappa shape index (κ2) is 9.96. The number of hydrogen-bond donors (Lipinski definition) is 2. The molecule has 0 saturated carbocycles. The van der Waals surface area contributed by atoms with Gasteiger partial charge < -0.3 is 19.9 Å². The molecule has 1 amide bonds. The van der Waals surface area contributed by atoms with E-state index in [1.807, 2.05) is 6.07 Å². The number of carbonyl (C=O) groups is 2. The van der Waals surface area contributed by atoms with Gasteiger partial charge in [0.25, 0.3) is 5.91 Å². The number of carboxylic acid groups (broad SMARTS) is 1. The van der Waals surface area contributed by atoms with E-state index in [-0.39, 0.29) is 17.1 Å². The highest BCUT2D eigenvalue weighted by molar-refractivity contribution is 9.10. The first-order valence-electron chi connectivity index (χ1n) is 8.17. The van der Waals surface area contributed by atoms with Gasteiger partial charge in [-0.25, -0.2) is 4.79 Å². The maximum atomic E-state index is 12.5. The Morgan fingerprint density at radius 2 is 2.10 bits per heavy atom. The van der Waals surface area contributed by atoms with E-state index in [0.29, 0.717) is 26.3 Å². The van der Waals surface area contributed by atoms with Gasteiger partial charge in [0.15, 0.2) is 18.1 Å². The lowest BCUT2D eigenvalue weighted by Gasteiger charge is -2.12. The lowest BCUT2D eigenvalue weighted by Crippen LogP contribution is -2.14. The SMILES string of the molecule is COc1cc(/C=C(/C#N)C(=O)Nc2cccc(Cl)c2C)cc(Br)c1OCC(=O)O. The molecule has 0 spiro atoms. The maximum absolute atomic E-state index is 12.5. The smallest absolute Gasteiger partial charge is 0.341 e. The number of carbonyl (C=O) groups excluding carboxylic acids is 1. The summed E-state index contributed by atoms with van der Waals surface area (Å²) in [7, 11) is 1.39. The first-order valence-corrected chi connectivity index (χ1v) is 9.34. The largest absolute Gasteiger partial charge is 0.493 e. The topological polar surface area (TPSA) is 109 Å². The summed E-state index contributed by atoms with van der Waals surface area (Å²) in [4.78, 5) is 23.2. The average molecular weight is 480 g/mol. The molecular formula is C20H16BrClN2O5. The van der Waals surface area contributed by atoms with Crippen molar-refractivity contribution in [3.05, 3.63) is 56.5 Å². The number of nitrogens with zero attached hydrogens (tertiary/aromatic N) is 1. The van der Waals surface area contributed by atoms with Crippen molar-refractivity contribution in [2.24, 2.45) is 0 Å². The number of nitriles is 1. The average Bonchev–Trinajstić information content (AvgIpc) is 2.68. The number of hydrogen-bond acceptors (Lipinski definition) is 5. The fourth-order valence-electron chi connectivity index (χ4n) is 2.34. The molecule has 0 aliphatic heterocycles. The first-order chi connectivity index (χ1) is 13.8. The number of anilines is 1. The molecule has 0 atom stereocenters. The van der Waals surface area contributed by atoms with Crippen LogP contribution in [-0.4, -0.2) is 30.7 Å². The number of ether oxygens (including phenoxy) is 2. The van der Waals surface area contributed by atoms with Crippen LogP contribution in [-0.2, 0) is 9.59 Å². The highest BCUT2D eigenvalue weighted by atomic mass is 79.9. The second-order valence-electron chi connectivity index (χ2n) is 5.75. The predicted molar refractivity (Wildman–Crippen MR) is 112 cm³/mol. The molecule has 7 nitrogen and oxygen atoms in total. The number of aliphatic carboxylic acids is 1. The minimum Gasteiger partial charge on any atom is -0.493 e. The van der Waals surface area contributed by atoms with Crippen molar-refractivity contribution < 1.29 is 24.2 Å². The Kier molecular flexibility index (Phi) is 7.65.